The molecule has 1 saturated heterocycles. The molecule has 1 N–H and O–H groups in total. The average Bonchev–Trinajstić information content (AvgIpc) is 3.77. The Bertz CT molecular complexity index is 1750. The molecule has 9 nitrogen and oxygen atoms in total. The zero-order valence-corrected chi connectivity index (χ0v) is 21.7. The van der Waals surface area contributed by atoms with Crippen molar-refractivity contribution >= 4 is 28.1 Å². The van der Waals surface area contributed by atoms with Crippen molar-refractivity contribution < 1.29 is 23.2 Å². The van der Waals surface area contributed by atoms with Gasteiger partial charge in [0.15, 0.2) is 23.0 Å². The highest BCUT2D eigenvalue weighted by atomic mass is 16.7. The van der Waals surface area contributed by atoms with Crippen molar-refractivity contribution in [2.24, 2.45) is 0 Å². The van der Waals surface area contributed by atoms with Gasteiger partial charge in [-0.1, -0.05) is 35.5 Å². The maximum atomic E-state index is 13.8. The smallest absolute Gasteiger partial charge is 0.231 e. The molecule has 3 aliphatic rings. The number of nitrogens with zero attached hydrogens (tertiary/aromatic N) is 3. The maximum Gasteiger partial charge on any atom is 0.231 e. The Morgan fingerprint density at radius 3 is 2.60 bits per heavy atom. The molecule has 40 heavy (non-hydrogen) atoms. The molecule has 8 rings (SSSR count). The van der Waals surface area contributed by atoms with Crippen LogP contribution in [0.5, 0.6) is 11.5 Å². The number of piperazine rings is 1. The van der Waals surface area contributed by atoms with E-state index in [4.69, 9.17) is 18.4 Å². The van der Waals surface area contributed by atoms with Crippen molar-refractivity contribution in [1.82, 2.24) is 10.1 Å². The lowest BCUT2D eigenvalue weighted by Crippen LogP contribution is -2.46. The fourth-order valence-corrected chi connectivity index (χ4v) is 5.96. The number of ketones is 1. The van der Waals surface area contributed by atoms with E-state index in [9.17, 15) is 4.79 Å². The van der Waals surface area contributed by atoms with E-state index < -0.39 is 0 Å². The lowest BCUT2D eigenvalue weighted by molar-refractivity contribution is 0.104. The van der Waals surface area contributed by atoms with Crippen LogP contribution in [0.15, 0.2) is 75.9 Å². The van der Waals surface area contributed by atoms with E-state index >= 15 is 0 Å². The Morgan fingerprint density at radius 2 is 1.75 bits per heavy atom. The third kappa shape index (κ3) is 3.73. The van der Waals surface area contributed by atoms with E-state index in [1.165, 1.54) is 5.56 Å². The summed E-state index contributed by atoms with van der Waals surface area (Å²) in [5.74, 6) is 3.02. The second-order valence-corrected chi connectivity index (χ2v) is 10.3. The van der Waals surface area contributed by atoms with Gasteiger partial charge < -0.3 is 28.6 Å². The van der Waals surface area contributed by atoms with E-state index in [1.54, 1.807) is 6.26 Å². The number of nitrogens with one attached hydrogen (secondary N) is 1. The molecule has 0 amide bonds. The van der Waals surface area contributed by atoms with Crippen molar-refractivity contribution in [3.8, 4) is 22.8 Å². The quantitative estimate of drug-likeness (QED) is 0.306. The molecular formula is C31H26N4O5. The second-order valence-electron chi connectivity index (χ2n) is 10.3. The highest BCUT2D eigenvalue weighted by molar-refractivity contribution is 6.28. The van der Waals surface area contributed by atoms with Crippen LogP contribution in [-0.4, -0.2) is 48.8 Å². The van der Waals surface area contributed by atoms with Crippen LogP contribution < -0.4 is 19.7 Å². The SMILES string of the molecule is O=C1c2ccccc2-c2onc3c(N4CCN(Cc5ccc6c(c5)OCO6)CC4)cc(NCc4ccco4)c1c23. The Balaban J connectivity index is 1.12. The van der Waals surface area contributed by atoms with Crippen LogP contribution in [0.4, 0.5) is 11.4 Å². The molecule has 0 spiro atoms. The van der Waals surface area contributed by atoms with Gasteiger partial charge in [0.05, 0.1) is 29.4 Å². The zero-order chi connectivity index (χ0) is 26.6. The van der Waals surface area contributed by atoms with Crippen molar-refractivity contribution in [1.29, 1.82) is 0 Å². The summed E-state index contributed by atoms with van der Waals surface area (Å²) in [6.45, 7) is 5.01. The monoisotopic (exact) mass is 534 g/mol. The van der Waals surface area contributed by atoms with Crippen LogP contribution in [-0.2, 0) is 13.1 Å². The first-order valence-electron chi connectivity index (χ1n) is 13.5. The standard InChI is InChI=1S/C31H26N4O5/c36-30-21-5-1-2-6-22(21)31-28-27(30)23(32-16-20-4-3-13-37-20)15-24(29(28)33-40-31)35-11-9-34(10-12-35)17-19-7-8-25-26(14-19)39-18-38-25/h1-8,13-15,32H,9-12,16-18H2. The molecule has 0 atom stereocenters. The van der Waals surface area contributed by atoms with Crippen LogP contribution in [0.1, 0.15) is 27.2 Å². The molecule has 1 aliphatic carbocycles. The van der Waals surface area contributed by atoms with Crippen LogP contribution >= 0.6 is 0 Å². The number of benzene rings is 3. The molecule has 0 unspecified atom stereocenters. The summed E-state index contributed by atoms with van der Waals surface area (Å²) in [6.07, 6.45) is 1.65. The van der Waals surface area contributed by atoms with Gasteiger partial charge in [-0.15, -0.1) is 0 Å². The summed E-state index contributed by atoms with van der Waals surface area (Å²) in [4.78, 5) is 18.6. The first kappa shape index (κ1) is 23.2. The van der Waals surface area contributed by atoms with Crippen molar-refractivity contribution in [2.75, 3.05) is 43.2 Å². The first-order chi connectivity index (χ1) is 19.7. The van der Waals surface area contributed by atoms with Gasteiger partial charge in [-0.2, -0.15) is 0 Å². The fraction of sp³-hybridized carbons (Fsp3) is 0.226. The molecule has 9 heteroatoms. The maximum absolute atomic E-state index is 13.8. The molecule has 5 aromatic rings. The largest absolute Gasteiger partial charge is 0.467 e. The number of carbonyl (C=O) groups excluding carboxylic acids is 1. The van der Waals surface area contributed by atoms with E-state index in [0.29, 0.717) is 23.4 Å². The number of carbonyl (C=O) groups is 1. The Hall–Kier alpha value is -4.76. The predicted octanol–water partition coefficient (Wildman–Crippen LogP) is 5.30. The molecule has 0 bridgehead atoms. The van der Waals surface area contributed by atoms with Crippen LogP contribution in [0, 0.1) is 0 Å². The van der Waals surface area contributed by atoms with Gasteiger partial charge in [-0.3, -0.25) is 9.69 Å². The highest BCUT2D eigenvalue weighted by Gasteiger charge is 2.34. The van der Waals surface area contributed by atoms with Crippen molar-refractivity contribution in [3.63, 3.8) is 0 Å². The lowest BCUT2D eigenvalue weighted by Gasteiger charge is -2.36. The fourth-order valence-electron chi connectivity index (χ4n) is 5.96. The number of hydrogen-bond donors (Lipinski definition) is 1. The minimum absolute atomic E-state index is 0.0293. The van der Waals surface area contributed by atoms with Gasteiger partial charge in [0, 0.05) is 49.5 Å². The Kier molecular flexibility index (Phi) is 5.31. The molecular weight excluding hydrogens is 508 g/mol. The number of fused-ring (bicyclic) bond motifs is 3. The molecule has 200 valence electrons. The van der Waals surface area contributed by atoms with Gasteiger partial charge in [-0.05, 0) is 35.9 Å². The molecule has 1 fully saturated rings. The van der Waals surface area contributed by atoms with Gasteiger partial charge in [-0.25, -0.2) is 0 Å². The van der Waals surface area contributed by atoms with Gasteiger partial charge in [0.1, 0.15) is 11.3 Å². The van der Waals surface area contributed by atoms with Crippen LogP contribution in [0.25, 0.3) is 22.2 Å². The first-order valence-corrected chi connectivity index (χ1v) is 13.5. The van der Waals surface area contributed by atoms with Crippen molar-refractivity contribution in [3.05, 3.63) is 89.4 Å². The van der Waals surface area contributed by atoms with E-state index in [1.807, 2.05) is 48.5 Å². The number of rotatable bonds is 6. The minimum Gasteiger partial charge on any atom is -0.467 e. The number of furan rings is 1. The van der Waals surface area contributed by atoms with Gasteiger partial charge >= 0.3 is 0 Å². The predicted molar refractivity (Wildman–Crippen MR) is 149 cm³/mol. The molecule has 0 radical (unpaired) electrons. The van der Waals surface area contributed by atoms with E-state index in [-0.39, 0.29) is 12.6 Å². The molecule has 4 heterocycles. The summed E-state index contributed by atoms with van der Waals surface area (Å²) in [5.41, 5.74) is 5.65. The summed E-state index contributed by atoms with van der Waals surface area (Å²) in [7, 11) is 0. The highest BCUT2D eigenvalue weighted by Crippen LogP contribution is 2.46. The number of ether oxygens (including phenoxy) is 2. The number of hydrogen-bond acceptors (Lipinski definition) is 9. The van der Waals surface area contributed by atoms with Gasteiger partial charge in [0.2, 0.25) is 6.79 Å². The van der Waals surface area contributed by atoms with Gasteiger partial charge in [0.25, 0.3) is 0 Å². The van der Waals surface area contributed by atoms with Crippen LogP contribution in [0.3, 0.4) is 0 Å². The second kappa shape index (κ2) is 9.17. The van der Waals surface area contributed by atoms with Crippen LogP contribution in [0.2, 0.25) is 0 Å². The third-order valence-corrected chi connectivity index (χ3v) is 7.97. The molecule has 2 aliphatic heterocycles. The third-order valence-electron chi connectivity index (χ3n) is 7.97. The minimum atomic E-state index is -0.0293. The summed E-state index contributed by atoms with van der Waals surface area (Å²) < 4.78 is 22.5. The average molecular weight is 535 g/mol. The van der Waals surface area contributed by atoms with Crippen molar-refractivity contribution in [2.45, 2.75) is 13.1 Å². The summed E-state index contributed by atoms with van der Waals surface area (Å²) in [6, 6.07) is 19.5. The summed E-state index contributed by atoms with van der Waals surface area (Å²) in [5, 5.41) is 8.75. The molecule has 3 aromatic carbocycles. The molecule has 2 aromatic heterocycles. The topological polar surface area (TPSA) is 93.2 Å². The number of aromatic nitrogens is 1. The van der Waals surface area contributed by atoms with E-state index in [0.717, 1.165) is 77.8 Å². The van der Waals surface area contributed by atoms with E-state index in [2.05, 4.69) is 32.4 Å². The zero-order valence-electron chi connectivity index (χ0n) is 21.7. The Labute approximate surface area is 229 Å². The molecule has 0 saturated carbocycles. The lowest BCUT2D eigenvalue weighted by atomic mass is 9.86. The Morgan fingerprint density at radius 1 is 0.900 bits per heavy atom. The number of anilines is 2. The normalized spacial score (nSPS) is 16.0. The summed E-state index contributed by atoms with van der Waals surface area (Å²) >= 11 is 0.